The minimum absolute atomic E-state index is 0. The number of carbonyl (C=O) groups excluding carboxylic acids is 5. The fourth-order valence-corrected chi connectivity index (χ4v) is 13.5. The molecule has 0 bridgehead atoms. The second-order valence-corrected chi connectivity index (χ2v) is 28.3. The number of amides is 5. The fraction of sp³-hybridized carbons (Fsp3) is 0.407. The van der Waals surface area contributed by atoms with Gasteiger partial charge in [0.1, 0.15) is 16.9 Å². The van der Waals surface area contributed by atoms with Crippen LogP contribution in [-0.4, -0.2) is 163 Å². The van der Waals surface area contributed by atoms with Gasteiger partial charge in [-0.05, 0) is 103 Å². The van der Waals surface area contributed by atoms with Gasteiger partial charge in [0, 0.05) is 80.7 Å². The molecule has 5 amide bonds. The topological polar surface area (TPSA) is 281 Å². The van der Waals surface area contributed by atoms with Crippen LogP contribution in [0, 0.1) is 0 Å². The Bertz CT molecular complexity index is 4210. The van der Waals surface area contributed by atoms with Crippen molar-refractivity contribution >= 4 is 35.9 Å². The molecule has 4 aliphatic rings. The maximum absolute atomic E-state index is 14.7. The second kappa shape index (κ2) is 36.7. The Balaban J connectivity index is 0.000000199. The molecule has 0 radical (unpaired) electrons. The molecule has 4 heterocycles. The maximum Gasteiger partial charge on any atom is 0.410 e. The van der Waals surface area contributed by atoms with Crippen LogP contribution in [0.2, 0.25) is 0 Å². The number of imidazole rings is 2. The van der Waals surface area contributed by atoms with Crippen molar-refractivity contribution in [1.29, 1.82) is 0 Å². The lowest BCUT2D eigenvalue weighted by molar-refractivity contribution is -0.0167. The highest BCUT2D eigenvalue weighted by Gasteiger charge is 2.40. The summed E-state index contributed by atoms with van der Waals surface area (Å²) < 4.78 is 27.1. The molecule has 6 atom stereocenters. The first-order valence-electron chi connectivity index (χ1n) is 35.6. The lowest BCUT2D eigenvalue weighted by atomic mass is 9.91. The van der Waals surface area contributed by atoms with E-state index in [4.69, 9.17) is 18.9 Å². The summed E-state index contributed by atoms with van der Waals surface area (Å²) in [5, 5.41) is 18.8. The smallest absolute Gasteiger partial charge is 0.410 e. The van der Waals surface area contributed by atoms with Gasteiger partial charge in [0.25, 0.3) is 17.7 Å². The summed E-state index contributed by atoms with van der Waals surface area (Å²) in [4.78, 5) is 114. The SMILES string of the molecule is C.CC(C)(C)OC(=O)N1CCN(C(=O)c2[nH]c(=O)n([C@@H]3CCCC[C@H]3OCc3ccccc3)c2-c2ccccc2)[C@H](CNC(=O)c2ccccc2)C1.CC(C)(C)OC(=O)N1CCN[C@H](CNC(=O)c2ccccc2)C1.O=C(O)c1[nH]c(=O)n([C@@H]2CCCC[C@H]2OCc2ccccc2)c1-c1ccccc1. The number of ether oxygens (including phenoxy) is 4. The average molecular weight is 1420 g/mol. The normalized spacial score (nSPS) is 18.9. The summed E-state index contributed by atoms with van der Waals surface area (Å²) in [7, 11) is 0. The van der Waals surface area contributed by atoms with Gasteiger partial charge in [0.15, 0.2) is 5.69 Å². The van der Waals surface area contributed by atoms with Crippen molar-refractivity contribution in [2.45, 2.75) is 161 Å². The Kier molecular flexibility index (Phi) is 27.4. The number of H-pyrrole nitrogens is 2. The number of aromatic nitrogens is 4. The number of carbonyl (C=O) groups is 6. The van der Waals surface area contributed by atoms with Crippen molar-refractivity contribution in [2.24, 2.45) is 0 Å². The van der Waals surface area contributed by atoms with E-state index in [1.165, 1.54) is 0 Å². The Labute approximate surface area is 608 Å². The zero-order valence-electron chi connectivity index (χ0n) is 59.6. The van der Waals surface area contributed by atoms with Crippen LogP contribution in [0.25, 0.3) is 22.5 Å². The van der Waals surface area contributed by atoms with E-state index in [9.17, 15) is 43.5 Å². The molecule has 2 aliphatic carbocycles. The van der Waals surface area contributed by atoms with Crippen molar-refractivity contribution in [1.82, 2.24) is 49.8 Å². The van der Waals surface area contributed by atoms with Crippen molar-refractivity contribution in [3.8, 4) is 22.5 Å². The van der Waals surface area contributed by atoms with Gasteiger partial charge < -0.3 is 59.7 Å². The average Bonchev–Trinajstić information content (AvgIpc) is 1.61. The van der Waals surface area contributed by atoms with Crippen LogP contribution in [0.5, 0.6) is 0 Å². The molecule has 0 spiro atoms. The monoisotopic (exact) mass is 1420 g/mol. The molecule has 12 rings (SSSR count). The van der Waals surface area contributed by atoms with Crippen LogP contribution in [0.4, 0.5) is 9.59 Å². The van der Waals surface area contributed by atoms with E-state index in [1.54, 1.807) is 81.0 Å². The number of carboxylic acid groups (broad SMARTS) is 1. The molecule has 6 aromatic carbocycles. The molecular formula is C81H100N10O13. The largest absolute Gasteiger partial charge is 0.477 e. The molecule has 8 aromatic rings. The molecule has 0 unspecified atom stereocenters. The van der Waals surface area contributed by atoms with Gasteiger partial charge in [-0.25, -0.2) is 24.0 Å². The van der Waals surface area contributed by atoms with Gasteiger partial charge in [-0.15, -0.1) is 0 Å². The number of rotatable bonds is 18. The van der Waals surface area contributed by atoms with Gasteiger partial charge in [-0.3, -0.25) is 28.5 Å². The van der Waals surface area contributed by atoms with Crippen LogP contribution in [0.15, 0.2) is 192 Å². The predicted octanol–water partition coefficient (Wildman–Crippen LogP) is 12.5. The molecular weight excluding hydrogens is 1320 g/mol. The summed E-state index contributed by atoms with van der Waals surface area (Å²) >= 11 is 0. The van der Waals surface area contributed by atoms with Gasteiger partial charge in [0.05, 0.1) is 54.9 Å². The number of hydrogen-bond acceptors (Lipinski definition) is 13. The lowest BCUT2D eigenvalue weighted by Gasteiger charge is -2.41. The highest BCUT2D eigenvalue weighted by molar-refractivity contribution is 5.99. The molecule has 2 saturated heterocycles. The molecule has 23 heteroatoms. The number of aromatic amines is 2. The Morgan fingerprint density at radius 3 is 1.33 bits per heavy atom. The first-order valence-corrected chi connectivity index (χ1v) is 35.6. The molecule has 2 aliphatic heterocycles. The van der Waals surface area contributed by atoms with E-state index >= 15 is 0 Å². The first-order chi connectivity index (χ1) is 49.6. The van der Waals surface area contributed by atoms with Gasteiger partial charge in [0.2, 0.25) is 0 Å². The molecule has 104 heavy (non-hydrogen) atoms. The fourth-order valence-electron chi connectivity index (χ4n) is 13.5. The van der Waals surface area contributed by atoms with E-state index in [0.29, 0.717) is 67.5 Å². The summed E-state index contributed by atoms with van der Waals surface area (Å²) in [6.45, 7) is 14.8. The highest BCUT2D eigenvalue weighted by Crippen LogP contribution is 2.38. The number of benzene rings is 6. The maximum atomic E-state index is 14.7. The van der Waals surface area contributed by atoms with Crippen LogP contribution in [-0.2, 0) is 32.2 Å². The summed E-state index contributed by atoms with van der Waals surface area (Å²) in [5.41, 5.74) is 3.73. The minimum atomic E-state index is -1.14. The third kappa shape index (κ3) is 21.2. The number of piperazine rings is 2. The van der Waals surface area contributed by atoms with Crippen LogP contribution < -0.4 is 27.3 Å². The number of nitrogens with one attached hydrogen (secondary N) is 5. The quantitative estimate of drug-likeness (QED) is 0.0466. The van der Waals surface area contributed by atoms with Crippen LogP contribution in [0.3, 0.4) is 0 Å². The number of nitrogens with zero attached hydrogens (tertiary/aromatic N) is 5. The summed E-state index contributed by atoms with van der Waals surface area (Å²) in [5.74, 6) is -1.93. The van der Waals surface area contributed by atoms with E-state index in [1.807, 2.05) is 166 Å². The van der Waals surface area contributed by atoms with E-state index in [-0.39, 0.29) is 105 Å². The molecule has 552 valence electrons. The van der Waals surface area contributed by atoms with Gasteiger partial charge in [-0.1, -0.05) is 191 Å². The third-order valence-electron chi connectivity index (χ3n) is 18.4. The highest BCUT2D eigenvalue weighted by atomic mass is 16.6. The van der Waals surface area contributed by atoms with Crippen LogP contribution in [0.1, 0.15) is 165 Å². The zero-order valence-corrected chi connectivity index (χ0v) is 59.6. The standard InChI is InChI=1S/C40H47N5O6.C23H24N2O4.C17H25N3O3.CH4/c1-40(2,3)51-39(49)43-23-24-44(31(26-43)25-41-36(46)30-19-11-6-12-20-30)37(47)34-35(29-17-9-5-10-18-29)45(38(48)42-34)32-21-13-14-22-33(32)50-27-28-15-7-4-8-16-28;26-22(27)20-21(17-11-5-2-6-12-17)25(23(28)24-20)18-13-7-8-14-19(18)29-15-16-9-3-1-4-10-16;1-17(2,3)23-16(22)20-10-9-18-14(12-20)11-19-15(21)13-7-5-4-6-8-13;/h4-12,15-20,31-33H,13-14,21-27H2,1-3H3,(H,41,46)(H,42,48);1-6,9-12,18-19H,7-8,13-15H2,(H,24,28)(H,26,27);4-8,14,18H,9-12H2,1-3H3,(H,19,21);1H4/t31-,32-,33-;18-,19-;14-;/m111./s1. The minimum Gasteiger partial charge on any atom is -0.477 e. The van der Waals surface area contributed by atoms with E-state index in [2.05, 4.69) is 25.9 Å². The van der Waals surface area contributed by atoms with Crippen molar-refractivity contribution < 1.29 is 52.8 Å². The zero-order chi connectivity index (χ0) is 73.0. The van der Waals surface area contributed by atoms with E-state index in [0.717, 1.165) is 68.1 Å². The van der Waals surface area contributed by atoms with Crippen molar-refractivity contribution in [2.75, 3.05) is 52.4 Å². The summed E-state index contributed by atoms with van der Waals surface area (Å²) in [6.07, 6.45) is 5.89. The Hall–Kier alpha value is -10.4. The van der Waals surface area contributed by atoms with E-state index < -0.39 is 35.0 Å². The van der Waals surface area contributed by atoms with Gasteiger partial charge >= 0.3 is 29.5 Å². The third-order valence-corrected chi connectivity index (χ3v) is 18.4. The van der Waals surface area contributed by atoms with Crippen molar-refractivity contribution in [3.05, 3.63) is 237 Å². The molecule has 6 N–H and O–H groups in total. The first kappa shape index (κ1) is 77.8. The molecule has 23 nitrogen and oxygen atoms in total. The lowest BCUT2D eigenvalue weighted by Crippen LogP contribution is -2.60. The van der Waals surface area contributed by atoms with Crippen molar-refractivity contribution in [3.63, 3.8) is 0 Å². The number of aromatic carboxylic acids is 1. The predicted molar refractivity (Wildman–Crippen MR) is 399 cm³/mol. The molecule has 2 aromatic heterocycles. The second-order valence-electron chi connectivity index (χ2n) is 28.3. The molecule has 4 fully saturated rings. The Morgan fingerprint density at radius 1 is 0.490 bits per heavy atom. The summed E-state index contributed by atoms with van der Waals surface area (Å²) in [6, 6.07) is 55.4. The Morgan fingerprint density at radius 2 is 0.885 bits per heavy atom. The van der Waals surface area contributed by atoms with Crippen LogP contribution >= 0.6 is 0 Å². The molecule has 2 saturated carbocycles. The van der Waals surface area contributed by atoms with Gasteiger partial charge in [-0.2, -0.15) is 0 Å². The number of carboxylic acids is 1. The number of hydrogen-bond donors (Lipinski definition) is 6.